The van der Waals surface area contributed by atoms with E-state index in [4.69, 9.17) is 4.74 Å². The lowest BCUT2D eigenvalue weighted by Gasteiger charge is -2.43. The Kier molecular flexibility index (Phi) is 5.88. The Morgan fingerprint density at radius 3 is 2.30 bits per heavy atom. The molecule has 0 amide bonds. The summed E-state index contributed by atoms with van der Waals surface area (Å²) in [7, 11) is 0. The Labute approximate surface area is 125 Å². The first-order valence-corrected chi connectivity index (χ1v) is 8.61. The standard InChI is InChI=1S/C17H34N2O/c1-16(2,3)18-11-10-17(8-7-9-17)20-15-14-19-12-5-4-6-13-19/h18H,4-15H2,1-3H3. The van der Waals surface area contributed by atoms with Crippen LogP contribution in [-0.2, 0) is 4.74 Å². The number of hydrogen-bond acceptors (Lipinski definition) is 3. The molecule has 20 heavy (non-hydrogen) atoms. The van der Waals surface area contributed by atoms with E-state index in [0.29, 0.717) is 0 Å². The average Bonchev–Trinajstić information content (AvgIpc) is 2.35. The molecule has 0 unspecified atom stereocenters. The van der Waals surface area contributed by atoms with E-state index in [1.165, 1.54) is 58.0 Å². The number of nitrogens with one attached hydrogen (secondary N) is 1. The Hall–Kier alpha value is -0.120. The third-order valence-corrected chi connectivity index (χ3v) is 4.77. The van der Waals surface area contributed by atoms with Gasteiger partial charge in [-0.25, -0.2) is 0 Å². The van der Waals surface area contributed by atoms with Crippen LogP contribution < -0.4 is 5.32 Å². The van der Waals surface area contributed by atoms with E-state index in [1.54, 1.807) is 0 Å². The highest BCUT2D eigenvalue weighted by molar-refractivity contribution is 4.91. The molecule has 1 heterocycles. The molecule has 0 radical (unpaired) electrons. The van der Waals surface area contributed by atoms with Crippen LogP contribution in [0.2, 0.25) is 0 Å². The first-order valence-electron chi connectivity index (χ1n) is 8.61. The summed E-state index contributed by atoms with van der Waals surface area (Å²) in [6.07, 6.45) is 9.21. The normalized spacial score (nSPS) is 23.6. The molecule has 2 rings (SSSR count). The summed E-state index contributed by atoms with van der Waals surface area (Å²) in [6.45, 7) is 12.4. The number of piperidine rings is 1. The van der Waals surface area contributed by atoms with Crippen molar-refractivity contribution >= 4 is 0 Å². The number of likely N-dealkylation sites (tertiary alicyclic amines) is 1. The van der Waals surface area contributed by atoms with Gasteiger partial charge in [0, 0.05) is 12.1 Å². The fourth-order valence-corrected chi connectivity index (χ4v) is 3.28. The summed E-state index contributed by atoms with van der Waals surface area (Å²) in [6, 6.07) is 0. The molecule has 0 aromatic heterocycles. The maximum atomic E-state index is 6.30. The van der Waals surface area contributed by atoms with Crippen molar-refractivity contribution < 1.29 is 4.74 Å². The summed E-state index contributed by atoms with van der Waals surface area (Å²) in [5, 5.41) is 3.60. The highest BCUT2D eigenvalue weighted by Crippen LogP contribution is 2.38. The van der Waals surface area contributed by atoms with Crippen molar-refractivity contribution in [1.29, 1.82) is 0 Å². The molecule has 0 spiro atoms. The van der Waals surface area contributed by atoms with Crippen LogP contribution >= 0.6 is 0 Å². The van der Waals surface area contributed by atoms with E-state index in [9.17, 15) is 0 Å². The summed E-state index contributed by atoms with van der Waals surface area (Å²) in [5.74, 6) is 0. The number of rotatable bonds is 7. The van der Waals surface area contributed by atoms with Crippen LogP contribution in [0.4, 0.5) is 0 Å². The molecule has 2 aliphatic rings. The molecular formula is C17H34N2O. The maximum absolute atomic E-state index is 6.30. The zero-order chi connectivity index (χ0) is 14.5. The largest absolute Gasteiger partial charge is 0.374 e. The molecular weight excluding hydrogens is 248 g/mol. The van der Waals surface area contributed by atoms with E-state index < -0.39 is 0 Å². The molecule has 0 aromatic carbocycles. The predicted molar refractivity (Wildman–Crippen MR) is 85.2 cm³/mol. The minimum absolute atomic E-state index is 0.202. The molecule has 1 saturated carbocycles. The first-order chi connectivity index (χ1) is 9.49. The molecule has 1 N–H and O–H groups in total. The van der Waals surface area contributed by atoms with Crippen LogP contribution in [0.15, 0.2) is 0 Å². The van der Waals surface area contributed by atoms with Crippen LogP contribution in [0.25, 0.3) is 0 Å². The molecule has 1 aliphatic heterocycles. The number of ether oxygens (including phenoxy) is 1. The van der Waals surface area contributed by atoms with Crippen LogP contribution in [-0.4, -0.2) is 48.8 Å². The van der Waals surface area contributed by atoms with E-state index in [1.807, 2.05) is 0 Å². The highest BCUT2D eigenvalue weighted by atomic mass is 16.5. The van der Waals surface area contributed by atoms with Gasteiger partial charge in [0.05, 0.1) is 12.2 Å². The van der Waals surface area contributed by atoms with Gasteiger partial charge >= 0.3 is 0 Å². The molecule has 3 heteroatoms. The molecule has 0 bridgehead atoms. The van der Waals surface area contributed by atoms with Crippen molar-refractivity contribution in [3.05, 3.63) is 0 Å². The quantitative estimate of drug-likeness (QED) is 0.776. The minimum Gasteiger partial charge on any atom is -0.374 e. The maximum Gasteiger partial charge on any atom is 0.0695 e. The predicted octanol–water partition coefficient (Wildman–Crippen LogP) is 3.19. The third kappa shape index (κ3) is 5.34. The van der Waals surface area contributed by atoms with Crippen molar-refractivity contribution in [3.63, 3.8) is 0 Å². The summed E-state index contributed by atoms with van der Waals surface area (Å²) >= 11 is 0. The van der Waals surface area contributed by atoms with Crippen molar-refractivity contribution in [1.82, 2.24) is 10.2 Å². The molecule has 1 saturated heterocycles. The van der Waals surface area contributed by atoms with Gasteiger partial charge < -0.3 is 15.0 Å². The monoisotopic (exact) mass is 282 g/mol. The van der Waals surface area contributed by atoms with Crippen molar-refractivity contribution in [2.75, 3.05) is 32.8 Å². The second-order valence-electron chi connectivity index (χ2n) is 7.71. The second-order valence-corrected chi connectivity index (χ2v) is 7.71. The fraction of sp³-hybridized carbons (Fsp3) is 1.00. The summed E-state index contributed by atoms with van der Waals surface area (Å²) < 4.78 is 6.30. The van der Waals surface area contributed by atoms with Gasteiger partial charge in [0.1, 0.15) is 0 Å². The van der Waals surface area contributed by atoms with Crippen molar-refractivity contribution in [3.8, 4) is 0 Å². The van der Waals surface area contributed by atoms with E-state index in [2.05, 4.69) is 31.0 Å². The van der Waals surface area contributed by atoms with Gasteiger partial charge in [-0.1, -0.05) is 6.42 Å². The van der Waals surface area contributed by atoms with E-state index in [0.717, 1.165) is 19.7 Å². The molecule has 2 fully saturated rings. The molecule has 1 aliphatic carbocycles. The molecule has 118 valence electrons. The zero-order valence-corrected chi connectivity index (χ0v) is 13.8. The topological polar surface area (TPSA) is 24.5 Å². The van der Waals surface area contributed by atoms with Gasteiger partial charge in [0.15, 0.2) is 0 Å². The number of hydrogen-bond donors (Lipinski definition) is 1. The lowest BCUT2D eigenvalue weighted by atomic mass is 9.77. The highest BCUT2D eigenvalue weighted by Gasteiger charge is 2.37. The van der Waals surface area contributed by atoms with Gasteiger partial charge in [0.25, 0.3) is 0 Å². The first kappa shape index (κ1) is 16.3. The fourth-order valence-electron chi connectivity index (χ4n) is 3.28. The van der Waals surface area contributed by atoms with Gasteiger partial charge in [-0.05, 0) is 78.9 Å². The van der Waals surface area contributed by atoms with Crippen LogP contribution in [0.3, 0.4) is 0 Å². The van der Waals surface area contributed by atoms with E-state index in [-0.39, 0.29) is 11.1 Å². The van der Waals surface area contributed by atoms with Gasteiger partial charge in [-0.2, -0.15) is 0 Å². The van der Waals surface area contributed by atoms with Gasteiger partial charge in [-0.15, -0.1) is 0 Å². The van der Waals surface area contributed by atoms with Gasteiger partial charge in [-0.3, -0.25) is 0 Å². The smallest absolute Gasteiger partial charge is 0.0695 e. The third-order valence-electron chi connectivity index (χ3n) is 4.77. The Balaban J connectivity index is 1.63. The average molecular weight is 282 g/mol. The zero-order valence-electron chi connectivity index (χ0n) is 13.8. The van der Waals surface area contributed by atoms with Crippen molar-refractivity contribution in [2.24, 2.45) is 0 Å². The number of nitrogens with zero attached hydrogens (tertiary/aromatic N) is 1. The molecule has 3 nitrogen and oxygen atoms in total. The summed E-state index contributed by atoms with van der Waals surface area (Å²) in [5.41, 5.74) is 0.423. The van der Waals surface area contributed by atoms with Crippen LogP contribution in [0.1, 0.15) is 65.7 Å². The molecule has 0 aromatic rings. The van der Waals surface area contributed by atoms with Crippen LogP contribution in [0.5, 0.6) is 0 Å². The second kappa shape index (κ2) is 7.24. The van der Waals surface area contributed by atoms with Gasteiger partial charge in [0.2, 0.25) is 0 Å². The Bertz CT molecular complexity index is 275. The lowest BCUT2D eigenvalue weighted by Crippen LogP contribution is -2.46. The molecule has 0 atom stereocenters. The summed E-state index contributed by atoms with van der Waals surface area (Å²) in [4.78, 5) is 2.57. The lowest BCUT2D eigenvalue weighted by molar-refractivity contribution is -0.109. The minimum atomic E-state index is 0.202. The van der Waals surface area contributed by atoms with Crippen molar-refractivity contribution in [2.45, 2.75) is 76.9 Å². The van der Waals surface area contributed by atoms with E-state index >= 15 is 0 Å². The Morgan fingerprint density at radius 1 is 1.05 bits per heavy atom. The Morgan fingerprint density at radius 2 is 1.75 bits per heavy atom. The SMILES string of the molecule is CC(C)(C)NCCC1(OCCN2CCCCC2)CCC1. The van der Waals surface area contributed by atoms with Crippen LogP contribution in [0, 0.1) is 0 Å².